The number of rotatable bonds is 5. The smallest absolute Gasteiger partial charge is 0.150 e. The Bertz CT molecular complexity index is 264. The van der Waals surface area contributed by atoms with Crippen molar-refractivity contribution in [3.05, 3.63) is 0 Å². The molecule has 14 heavy (non-hydrogen) atoms. The van der Waals surface area contributed by atoms with E-state index in [2.05, 4.69) is 0 Å². The maximum atomic E-state index is 11.2. The van der Waals surface area contributed by atoms with Crippen LogP contribution in [0.3, 0.4) is 0 Å². The zero-order chi connectivity index (χ0) is 10.6. The second kappa shape index (κ2) is 5.37. The summed E-state index contributed by atoms with van der Waals surface area (Å²) in [7, 11) is -2.78. The first-order valence-corrected chi connectivity index (χ1v) is 8.06. The second-order valence-corrected chi connectivity index (χ2v) is 7.39. The molecule has 1 heterocycles. The first kappa shape index (κ1) is 12.3. The third-order valence-electron chi connectivity index (χ3n) is 2.72. The average Bonchev–Trinajstić information content (AvgIpc) is 2.52. The lowest BCUT2D eigenvalue weighted by atomic mass is 9.99. The molecule has 0 spiro atoms. The monoisotopic (exact) mass is 237 g/mol. The lowest BCUT2D eigenvalue weighted by Gasteiger charge is -2.13. The van der Waals surface area contributed by atoms with Crippen LogP contribution in [0.5, 0.6) is 0 Å². The van der Waals surface area contributed by atoms with Crippen LogP contribution in [0.15, 0.2) is 0 Å². The van der Waals surface area contributed by atoms with Crippen LogP contribution < -0.4 is 5.73 Å². The standard InChI is InChI=1S/C9H19NO2S2/c1-2-14(11,12)5-3-4-8-6-13-7-9(8)10/h8-9H,2-7,10H2,1H3. The first-order valence-electron chi connectivity index (χ1n) is 5.09. The van der Waals surface area contributed by atoms with E-state index in [-0.39, 0.29) is 11.8 Å². The fraction of sp³-hybridized carbons (Fsp3) is 1.00. The molecular formula is C9H19NO2S2. The molecule has 1 fully saturated rings. The van der Waals surface area contributed by atoms with Gasteiger partial charge in [0, 0.05) is 17.5 Å². The minimum absolute atomic E-state index is 0.262. The number of nitrogens with two attached hydrogens (primary N) is 1. The van der Waals surface area contributed by atoms with Crippen LogP contribution in [0.4, 0.5) is 0 Å². The molecule has 5 heteroatoms. The molecule has 0 saturated carbocycles. The Labute approximate surface area is 90.7 Å². The van der Waals surface area contributed by atoms with E-state index in [4.69, 9.17) is 5.73 Å². The van der Waals surface area contributed by atoms with Crippen molar-refractivity contribution < 1.29 is 8.42 Å². The van der Waals surface area contributed by atoms with Gasteiger partial charge in [-0.25, -0.2) is 8.42 Å². The van der Waals surface area contributed by atoms with Crippen molar-refractivity contribution in [3.63, 3.8) is 0 Å². The van der Waals surface area contributed by atoms with Crippen molar-refractivity contribution in [2.75, 3.05) is 23.0 Å². The van der Waals surface area contributed by atoms with E-state index in [1.165, 1.54) is 0 Å². The Hall–Kier alpha value is 0.260. The molecule has 1 saturated heterocycles. The Morgan fingerprint density at radius 1 is 1.43 bits per heavy atom. The molecule has 1 aliphatic heterocycles. The van der Waals surface area contributed by atoms with Gasteiger partial charge < -0.3 is 5.73 Å². The predicted octanol–water partition coefficient (Wildman–Crippen LogP) is 0.892. The summed E-state index contributed by atoms with van der Waals surface area (Å²) in [6, 6.07) is 0.282. The lowest BCUT2D eigenvalue weighted by molar-refractivity contribution is 0.473. The lowest BCUT2D eigenvalue weighted by Crippen LogP contribution is -2.28. The fourth-order valence-corrected chi connectivity index (χ4v) is 3.91. The van der Waals surface area contributed by atoms with Crippen LogP contribution in [0.2, 0.25) is 0 Å². The Morgan fingerprint density at radius 2 is 2.14 bits per heavy atom. The molecule has 2 N–H and O–H groups in total. The molecule has 1 aliphatic rings. The molecule has 1 rings (SSSR count). The second-order valence-electron chi connectivity index (χ2n) is 3.84. The molecular weight excluding hydrogens is 218 g/mol. The van der Waals surface area contributed by atoms with Gasteiger partial charge in [-0.05, 0) is 24.5 Å². The summed E-state index contributed by atoms with van der Waals surface area (Å²) < 4.78 is 22.4. The molecule has 2 unspecified atom stereocenters. The molecule has 84 valence electrons. The van der Waals surface area contributed by atoms with Gasteiger partial charge in [-0.1, -0.05) is 6.92 Å². The Kier molecular flexibility index (Phi) is 4.73. The number of thioether (sulfide) groups is 1. The summed E-state index contributed by atoms with van der Waals surface area (Å²) in [5.74, 6) is 3.26. The van der Waals surface area contributed by atoms with Gasteiger partial charge in [0.1, 0.15) is 9.84 Å². The average molecular weight is 237 g/mol. The van der Waals surface area contributed by atoms with Gasteiger partial charge in [0.15, 0.2) is 0 Å². The largest absolute Gasteiger partial charge is 0.327 e. The molecule has 2 atom stereocenters. The van der Waals surface area contributed by atoms with Crippen LogP contribution in [0.25, 0.3) is 0 Å². The van der Waals surface area contributed by atoms with Crippen LogP contribution >= 0.6 is 11.8 Å². The molecule has 3 nitrogen and oxygen atoms in total. The maximum Gasteiger partial charge on any atom is 0.150 e. The SMILES string of the molecule is CCS(=O)(=O)CCCC1CSCC1N. The molecule has 0 aromatic heterocycles. The zero-order valence-corrected chi connectivity index (χ0v) is 10.2. The highest BCUT2D eigenvalue weighted by Gasteiger charge is 2.24. The summed E-state index contributed by atoms with van der Waals surface area (Å²) >= 11 is 1.88. The molecule has 0 aromatic rings. The van der Waals surface area contributed by atoms with Crippen LogP contribution in [0.1, 0.15) is 19.8 Å². The van der Waals surface area contributed by atoms with Crippen molar-refractivity contribution in [2.45, 2.75) is 25.8 Å². The topological polar surface area (TPSA) is 60.2 Å². The van der Waals surface area contributed by atoms with Crippen LogP contribution in [-0.4, -0.2) is 37.5 Å². The highest BCUT2D eigenvalue weighted by Crippen LogP contribution is 2.26. The van der Waals surface area contributed by atoms with Gasteiger partial charge in [0.2, 0.25) is 0 Å². The quantitative estimate of drug-likeness (QED) is 0.771. The van der Waals surface area contributed by atoms with Crippen molar-refractivity contribution in [3.8, 4) is 0 Å². The Balaban J connectivity index is 2.21. The van der Waals surface area contributed by atoms with Gasteiger partial charge in [-0.2, -0.15) is 11.8 Å². The van der Waals surface area contributed by atoms with E-state index in [1.54, 1.807) is 6.92 Å². The highest BCUT2D eigenvalue weighted by atomic mass is 32.2. The number of hydrogen-bond donors (Lipinski definition) is 1. The van der Waals surface area contributed by atoms with Gasteiger partial charge in [0.05, 0.1) is 5.75 Å². The summed E-state index contributed by atoms with van der Waals surface area (Å²) in [4.78, 5) is 0. The normalized spacial score (nSPS) is 28.1. The minimum Gasteiger partial charge on any atom is -0.327 e. The molecule has 0 aliphatic carbocycles. The molecule has 0 amide bonds. The number of hydrogen-bond acceptors (Lipinski definition) is 4. The summed E-state index contributed by atoms with van der Waals surface area (Å²) in [5.41, 5.74) is 5.89. The minimum atomic E-state index is -2.78. The summed E-state index contributed by atoms with van der Waals surface area (Å²) in [5, 5.41) is 0. The van der Waals surface area contributed by atoms with Gasteiger partial charge in [-0.15, -0.1) is 0 Å². The van der Waals surface area contributed by atoms with Crippen molar-refractivity contribution in [2.24, 2.45) is 11.7 Å². The molecule has 0 radical (unpaired) electrons. The predicted molar refractivity (Wildman–Crippen MR) is 62.4 cm³/mol. The van der Waals surface area contributed by atoms with E-state index in [9.17, 15) is 8.42 Å². The van der Waals surface area contributed by atoms with E-state index in [0.717, 1.165) is 24.3 Å². The maximum absolute atomic E-state index is 11.2. The van der Waals surface area contributed by atoms with Crippen LogP contribution in [-0.2, 0) is 9.84 Å². The van der Waals surface area contributed by atoms with E-state index in [1.807, 2.05) is 11.8 Å². The summed E-state index contributed by atoms with van der Waals surface area (Å²) in [6.45, 7) is 1.70. The first-order chi connectivity index (χ1) is 6.55. The highest BCUT2D eigenvalue weighted by molar-refractivity contribution is 7.99. The number of sulfone groups is 1. The van der Waals surface area contributed by atoms with E-state index in [0.29, 0.717) is 11.7 Å². The van der Waals surface area contributed by atoms with Crippen molar-refractivity contribution in [1.29, 1.82) is 0 Å². The van der Waals surface area contributed by atoms with Crippen molar-refractivity contribution in [1.82, 2.24) is 0 Å². The Morgan fingerprint density at radius 3 is 2.64 bits per heavy atom. The third kappa shape index (κ3) is 3.79. The third-order valence-corrected chi connectivity index (χ3v) is 5.79. The summed E-state index contributed by atoms with van der Waals surface area (Å²) in [6.07, 6.45) is 1.74. The van der Waals surface area contributed by atoms with Gasteiger partial charge >= 0.3 is 0 Å². The van der Waals surface area contributed by atoms with Crippen LogP contribution in [0, 0.1) is 5.92 Å². The fourth-order valence-electron chi connectivity index (χ4n) is 1.62. The molecule has 0 bridgehead atoms. The van der Waals surface area contributed by atoms with Gasteiger partial charge in [-0.3, -0.25) is 0 Å². The van der Waals surface area contributed by atoms with E-state index < -0.39 is 9.84 Å². The zero-order valence-electron chi connectivity index (χ0n) is 8.61. The van der Waals surface area contributed by atoms with Crippen molar-refractivity contribution >= 4 is 21.6 Å². The molecule has 0 aromatic carbocycles. The van der Waals surface area contributed by atoms with E-state index >= 15 is 0 Å². The van der Waals surface area contributed by atoms with Gasteiger partial charge in [0.25, 0.3) is 0 Å².